The number of amides is 1. The molecular formula is C24H30F3N7O. The zero-order valence-electron chi connectivity index (χ0n) is 20.1. The van der Waals surface area contributed by atoms with Gasteiger partial charge >= 0.3 is 6.18 Å². The first-order valence-electron chi connectivity index (χ1n) is 11.5. The first kappa shape index (κ1) is 26.0. The van der Waals surface area contributed by atoms with Gasteiger partial charge in [-0.05, 0) is 37.1 Å². The van der Waals surface area contributed by atoms with Crippen molar-refractivity contribution in [3.63, 3.8) is 0 Å². The summed E-state index contributed by atoms with van der Waals surface area (Å²) in [5, 5.41) is 11.3. The van der Waals surface area contributed by atoms with E-state index in [0.717, 1.165) is 23.4 Å². The minimum Gasteiger partial charge on any atom is -0.399 e. The van der Waals surface area contributed by atoms with Gasteiger partial charge in [0.15, 0.2) is 0 Å². The zero-order valence-corrected chi connectivity index (χ0v) is 20.1. The number of rotatable bonds is 6. The van der Waals surface area contributed by atoms with Crippen LogP contribution in [0, 0.1) is 6.92 Å². The molecule has 0 bridgehead atoms. The lowest BCUT2D eigenvalue weighted by Gasteiger charge is -2.30. The number of nitrogens with one attached hydrogen (secondary N) is 1. The smallest absolute Gasteiger partial charge is 0.399 e. The van der Waals surface area contributed by atoms with E-state index in [-0.39, 0.29) is 18.1 Å². The molecule has 35 heavy (non-hydrogen) atoms. The average molecular weight is 490 g/mol. The summed E-state index contributed by atoms with van der Waals surface area (Å²) in [7, 11) is 0. The highest BCUT2D eigenvalue weighted by atomic mass is 19.4. The third kappa shape index (κ3) is 5.72. The molecule has 3 heterocycles. The summed E-state index contributed by atoms with van der Waals surface area (Å²) in [6, 6.07) is 3.45. The fraction of sp³-hybridized carbons (Fsp3) is 0.417. The van der Waals surface area contributed by atoms with Crippen molar-refractivity contribution in [2.24, 2.45) is 0 Å². The van der Waals surface area contributed by atoms with E-state index in [0.29, 0.717) is 55.3 Å². The predicted octanol–water partition coefficient (Wildman–Crippen LogP) is 4.52. The number of allylic oxidation sites excluding steroid dienone is 1. The summed E-state index contributed by atoms with van der Waals surface area (Å²) >= 11 is 0. The van der Waals surface area contributed by atoms with Crippen LogP contribution >= 0.6 is 0 Å². The molecule has 11 heteroatoms. The molecule has 188 valence electrons. The van der Waals surface area contributed by atoms with Crippen molar-refractivity contribution < 1.29 is 18.0 Å². The Hall–Kier alpha value is -3.63. The SMILES string of the molecule is C=CCCC(=O)N1CCc2c(c(NCc3cc(N)cc(C(F)(F)F)c3)nc3nnc(C)n23)C1.CC. The van der Waals surface area contributed by atoms with Crippen molar-refractivity contribution in [3.05, 3.63) is 59.1 Å². The Bertz CT molecular complexity index is 1220. The highest BCUT2D eigenvalue weighted by Gasteiger charge is 2.31. The molecule has 0 atom stereocenters. The van der Waals surface area contributed by atoms with Crippen molar-refractivity contribution in [1.29, 1.82) is 0 Å². The summed E-state index contributed by atoms with van der Waals surface area (Å²) in [5.41, 5.74) is 7.00. The van der Waals surface area contributed by atoms with Gasteiger partial charge in [0.25, 0.3) is 5.78 Å². The maximum atomic E-state index is 13.2. The number of nitrogen functional groups attached to an aromatic ring is 1. The van der Waals surface area contributed by atoms with Crippen LogP contribution in [0.4, 0.5) is 24.7 Å². The van der Waals surface area contributed by atoms with Gasteiger partial charge in [-0.25, -0.2) is 0 Å². The highest BCUT2D eigenvalue weighted by molar-refractivity contribution is 5.77. The fourth-order valence-corrected chi connectivity index (χ4v) is 4.03. The lowest BCUT2D eigenvalue weighted by atomic mass is 10.0. The molecule has 4 rings (SSSR count). The molecule has 0 fully saturated rings. The number of anilines is 2. The number of carbonyl (C=O) groups excluding carboxylic acids is 1. The fourth-order valence-electron chi connectivity index (χ4n) is 4.03. The molecule has 1 amide bonds. The maximum absolute atomic E-state index is 13.2. The van der Waals surface area contributed by atoms with E-state index in [4.69, 9.17) is 5.73 Å². The van der Waals surface area contributed by atoms with Crippen LogP contribution < -0.4 is 11.1 Å². The Kier molecular flexibility index (Phi) is 7.98. The molecule has 2 aromatic heterocycles. The van der Waals surface area contributed by atoms with Gasteiger partial charge in [0.1, 0.15) is 11.6 Å². The summed E-state index contributed by atoms with van der Waals surface area (Å²) in [5.74, 6) is 1.54. The monoisotopic (exact) mass is 489 g/mol. The highest BCUT2D eigenvalue weighted by Crippen LogP contribution is 2.32. The Morgan fingerprint density at radius 2 is 2.00 bits per heavy atom. The minimum atomic E-state index is -4.49. The molecule has 3 N–H and O–H groups in total. The van der Waals surface area contributed by atoms with Gasteiger partial charge in [0.05, 0.1) is 12.1 Å². The first-order valence-corrected chi connectivity index (χ1v) is 11.5. The number of nitrogens with two attached hydrogens (primary N) is 1. The van der Waals surface area contributed by atoms with Gasteiger partial charge in [0, 0.05) is 42.9 Å². The van der Waals surface area contributed by atoms with Crippen LogP contribution in [0.2, 0.25) is 0 Å². The molecule has 1 aliphatic heterocycles. The number of fused-ring (bicyclic) bond motifs is 3. The second kappa shape index (κ2) is 10.7. The van der Waals surface area contributed by atoms with Crippen LogP contribution in [0.25, 0.3) is 5.78 Å². The largest absolute Gasteiger partial charge is 0.416 e. The summed E-state index contributed by atoms with van der Waals surface area (Å²) in [4.78, 5) is 18.9. The molecular weight excluding hydrogens is 459 g/mol. The van der Waals surface area contributed by atoms with E-state index in [2.05, 4.69) is 27.1 Å². The summed E-state index contributed by atoms with van der Waals surface area (Å²) in [6.45, 7) is 10.4. The number of halogens is 3. The Morgan fingerprint density at radius 1 is 1.26 bits per heavy atom. The van der Waals surface area contributed by atoms with Crippen molar-refractivity contribution >= 4 is 23.2 Å². The van der Waals surface area contributed by atoms with Gasteiger partial charge in [0.2, 0.25) is 5.91 Å². The topological polar surface area (TPSA) is 101 Å². The van der Waals surface area contributed by atoms with E-state index >= 15 is 0 Å². The van der Waals surface area contributed by atoms with E-state index < -0.39 is 11.7 Å². The lowest BCUT2D eigenvalue weighted by molar-refractivity contribution is -0.137. The van der Waals surface area contributed by atoms with E-state index in [1.165, 1.54) is 6.07 Å². The molecule has 0 saturated carbocycles. The van der Waals surface area contributed by atoms with Gasteiger partial charge in [-0.3, -0.25) is 9.20 Å². The number of aryl methyl sites for hydroxylation is 1. The molecule has 0 saturated heterocycles. The first-order chi connectivity index (χ1) is 16.7. The second-order valence-corrected chi connectivity index (χ2v) is 7.98. The third-order valence-corrected chi connectivity index (χ3v) is 5.61. The maximum Gasteiger partial charge on any atom is 0.416 e. The van der Waals surface area contributed by atoms with Gasteiger partial charge in [-0.2, -0.15) is 18.2 Å². The number of hydrogen-bond acceptors (Lipinski definition) is 6. The number of nitrogens with zero attached hydrogens (tertiary/aromatic N) is 5. The molecule has 1 aliphatic rings. The van der Waals surface area contributed by atoms with Crippen LogP contribution in [-0.2, 0) is 30.5 Å². The molecule has 8 nitrogen and oxygen atoms in total. The van der Waals surface area contributed by atoms with Crippen LogP contribution in [0.3, 0.4) is 0 Å². The van der Waals surface area contributed by atoms with Crippen LogP contribution in [0.15, 0.2) is 30.9 Å². The number of alkyl halides is 3. The van der Waals surface area contributed by atoms with Crippen molar-refractivity contribution in [1.82, 2.24) is 24.5 Å². The second-order valence-electron chi connectivity index (χ2n) is 7.98. The molecule has 1 aromatic carbocycles. The number of aromatic nitrogens is 4. The molecule has 0 unspecified atom stereocenters. The normalized spacial score (nSPS) is 13.1. The van der Waals surface area contributed by atoms with Crippen LogP contribution in [0.5, 0.6) is 0 Å². The van der Waals surface area contributed by atoms with Crippen LogP contribution in [0.1, 0.15) is 54.9 Å². The molecule has 3 aromatic rings. The molecule has 0 radical (unpaired) electrons. The third-order valence-electron chi connectivity index (χ3n) is 5.61. The quantitative estimate of drug-likeness (QED) is 0.390. The van der Waals surface area contributed by atoms with E-state index in [1.807, 2.05) is 25.2 Å². The summed E-state index contributed by atoms with van der Waals surface area (Å²) < 4.78 is 41.4. The van der Waals surface area contributed by atoms with Crippen molar-refractivity contribution in [2.45, 2.75) is 59.3 Å². The van der Waals surface area contributed by atoms with Crippen LogP contribution in [-0.4, -0.2) is 36.9 Å². The Morgan fingerprint density at radius 3 is 2.69 bits per heavy atom. The molecule has 0 aliphatic carbocycles. The van der Waals surface area contributed by atoms with E-state index in [1.54, 1.807) is 11.0 Å². The predicted molar refractivity (Wildman–Crippen MR) is 129 cm³/mol. The van der Waals surface area contributed by atoms with Gasteiger partial charge < -0.3 is 16.0 Å². The minimum absolute atomic E-state index is 0.0118. The Balaban J connectivity index is 0.00000167. The number of carbonyl (C=O) groups is 1. The number of benzene rings is 1. The van der Waals surface area contributed by atoms with Gasteiger partial charge in [-0.1, -0.05) is 19.9 Å². The standard InChI is InChI=1S/C22H24F3N7O.C2H6/c1-3-4-5-19(33)31-7-6-18-17(12-31)20(28-21-30-29-13(2)32(18)21)27-11-14-8-15(22(23,24)25)10-16(26)9-14;1-2/h3,8-10H,1,4-7,11-12,26H2,2H3,(H,27,28,30);1-2H3. The number of hydrogen-bond donors (Lipinski definition) is 2. The van der Waals surface area contributed by atoms with Gasteiger partial charge in [-0.15, -0.1) is 16.8 Å². The van der Waals surface area contributed by atoms with Crippen molar-refractivity contribution in [2.75, 3.05) is 17.6 Å². The zero-order chi connectivity index (χ0) is 25.8. The van der Waals surface area contributed by atoms with Crippen molar-refractivity contribution in [3.8, 4) is 0 Å². The lowest BCUT2D eigenvalue weighted by Crippen LogP contribution is -2.37. The van der Waals surface area contributed by atoms with E-state index in [9.17, 15) is 18.0 Å². The summed E-state index contributed by atoms with van der Waals surface area (Å²) in [6.07, 6.45) is -1.25. The average Bonchev–Trinajstić information content (AvgIpc) is 3.21. The Labute approximate surface area is 202 Å². The molecule has 0 spiro atoms.